The number of ether oxygens (including phenoxy) is 2. The summed E-state index contributed by atoms with van der Waals surface area (Å²) in [6.07, 6.45) is 2.80. The van der Waals surface area contributed by atoms with Crippen LogP contribution in [0.1, 0.15) is 55.6 Å². The molecule has 2 aromatic heterocycles. The molecule has 1 amide bonds. The van der Waals surface area contributed by atoms with Crippen molar-refractivity contribution in [2.45, 2.75) is 52.2 Å². The third-order valence-electron chi connectivity index (χ3n) is 7.31. The molecule has 202 valence electrons. The van der Waals surface area contributed by atoms with Gasteiger partial charge < -0.3 is 19.5 Å². The summed E-state index contributed by atoms with van der Waals surface area (Å²) in [5, 5.41) is 17.7. The number of rotatable bonds is 9. The van der Waals surface area contributed by atoms with Gasteiger partial charge in [-0.05, 0) is 56.7 Å². The predicted octanol–water partition coefficient (Wildman–Crippen LogP) is 4.78. The van der Waals surface area contributed by atoms with Gasteiger partial charge in [-0.25, -0.2) is 14.5 Å². The SMILES string of the molecule is Cc1nc(-c2nnn(C)c2COC(=O)N(C)[C@H](C)c2ccccc2)ccc1OC[C@H]1CCC[C@H](C(=O)O)C1. The maximum Gasteiger partial charge on any atom is 0.410 e. The monoisotopic (exact) mass is 521 g/mol. The minimum atomic E-state index is -0.722. The smallest absolute Gasteiger partial charge is 0.410 e. The van der Waals surface area contributed by atoms with Gasteiger partial charge in [-0.2, -0.15) is 0 Å². The van der Waals surface area contributed by atoms with Crippen molar-refractivity contribution in [2.24, 2.45) is 18.9 Å². The first-order valence-electron chi connectivity index (χ1n) is 12.9. The molecule has 0 bridgehead atoms. The van der Waals surface area contributed by atoms with Gasteiger partial charge >= 0.3 is 12.1 Å². The minimum Gasteiger partial charge on any atom is -0.491 e. The fourth-order valence-corrected chi connectivity index (χ4v) is 4.79. The van der Waals surface area contributed by atoms with Crippen LogP contribution in [0.25, 0.3) is 11.4 Å². The summed E-state index contributed by atoms with van der Waals surface area (Å²) >= 11 is 0. The van der Waals surface area contributed by atoms with Gasteiger partial charge in [0, 0.05) is 14.1 Å². The molecule has 1 saturated carbocycles. The van der Waals surface area contributed by atoms with Crippen LogP contribution in [0.4, 0.5) is 4.79 Å². The van der Waals surface area contributed by atoms with E-state index < -0.39 is 12.1 Å². The molecule has 10 nitrogen and oxygen atoms in total. The van der Waals surface area contributed by atoms with E-state index in [4.69, 9.17) is 9.47 Å². The molecule has 1 aliphatic rings. The van der Waals surface area contributed by atoms with Crippen molar-refractivity contribution in [2.75, 3.05) is 13.7 Å². The molecule has 3 aromatic rings. The van der Waals surface area contributed by atoms with Gasteiger partial charge in [0.15, 0.2) is 0 Å². The van der Waals surface area contributed by atoms with E-state index in [-0.39, 0.29) is 24.5 Å². The van der Waals surface area contributed by atoms with Crippen LogP contribution in [0.2, 0.25) is 0 Å². The van der Waals surface area contributed by atoms with Crippen molar-refractivity contribution in [3.63, 3.8) is 0 Å². The fraction of sp³-hybridized carbons (Fsp3) is 0.464. The summed E-state index contributed by atoms with van der Waals surface area (Å²) in [5.41, 5.74) is 3.47. The molecule has 1 N–H and O–H groups in total. The lowest BCUT2D eigenvalue weighted by Gasteiger charge is -2.26. The Morgan fingerprint density at radius 1 is 1.18 bits per heavy atom. The van der Waals surface area contributed by atoms with E-state index in [2.05, 4.69) is 15.3 Å². The van der Waals surface area contributed by atoms with Crippen LogP contribution in [-0.2, 0) is 23.2 Å². The zero-order chi connectivity index (χ0) is 27.2. The Kier molecular flexibility index (Phi) is 8.60. The Labute approximate surface area is 222 Å². The molecule has 1 aliphatic carbocycles. The first-order valence-corrected chi connectivity index (χ1v) is 12.9. The Morgan fingerprint density at radius 2 is 1.95 bits per heavy atom. The molecule has 10 heteroatoms. The Hall–Kier alpha value is -3.95. The van der Waals surface area contributed by atoms with Crippen LogP contribution in [0.3, 0.4) is 0 Å². The molecule has 38 heavy (non-hydrogen) atoms. The Bertz CT molecular complexity index is 1260. The lowest BCUT2D eigenvalue weighted by Crippen LogP contribution is -2.30. The van der Waals surface area contributed by atoms with E-state index >= 15 is 0 Å². The molecule has 0 unspecified atom stereocenters. The van der Waals surface area contributed by atoms with E-state index in [1.807, 2.05) is 56.3 Å². The zero-order valence-electron chi connectivity index (χ0n) is 22.3. The third-order valence-corrected chi connectivity index (χ3v) is 7.31. The van der Waals surface area contributed by atoms with Crippen molar-refractivity contribution in [1.29, 1.82) is 0 Å². The number of pyridine rings is 1. The zero-order valence-corrected chi connectivity index (χ0v) is 22.3. The number of benzene rings is 1. The topological polar surface area (TPSA) is 120 Å². The van der Waals surface area contributed by atoms with Crippen molar-refractivity contribution >= 4 is 12.1 Å². The van der Waals surface area contributed by atoms with Crippen LogP contribution < -0.4 is 4.74 Å². The Balaban J connectivity index is 1.39. The molecule has 3 atom stereocenters. The lowest BCUT2D eigenvalue weighted by atomic mass is 9.82. The third kappa shape index (κ3) is 6.30. The van der Waals surface area contributed by atoms with Gasteiger partial charge in [0.05, 0.1) is 30.0 Å². The number of aromatic nitrogens is 4. The van der Waals surface area contributed by atoms with Gasteiger partial charge in [-0.15, -0.1) is 5.10 Å². The number of carbonyl (C=O) groups is 2. The predicted molar refractivity (Wildman–Crippen MR) is 140 cm³/mol. The standard InChI is InChI=1S/C28H35N5O5/c1-18-25(37-16-20-9-8-12-22(15-20)27(34)35)14-13-23(29-18)26-24(33(4)31-30-26)17-38-28(36)32(3)19(2)21-10-6-5-7-11-21/h5-7,10-11,13-14,19-20,22H,8-9,12,15-17H2,1-4H3,(H,34,35)/t19-,20+,22+/m1/s1. The molecule has 0 spiro atoms. The first-order chi connectivity index (χ1) is 18.2. The quantitative estimate of drug-likeness (QED) is 0.427. The van der Waals surface area contributed by atoms with Crippen LogP contribution in [0.5, 0.6) is 5.75 Å². The highest BCUT2D eigenvalue weighted by Crippen LogP contribution is 2.31. The number of carbonyl (C=O) groups excluding carboxylic acids is 1. The molecule has 0 saturated heterocycles. The van der Waals surface area contributed by atoms with Gasteiger partial charge in [-0.1, -0.05) is 42.0 Å². The first kappa shape index (κ1) is 27.1. The van der Waals surface area contributed by atoms with E-state index in [0.29, 0.717) is 41.6 Å². The number of carboxylic acids is 1. The summed E-state index contributed by atoms with van der Waals surface area (Å²) in [7, 11) is 3.45. The molecular weight excluding hydrogens is 486 g/mol. The van der Waals surface area contributed by atoms with Gasteiger partial charge in [0.25, 0.3) is 0 Å². The molecule has 1 fully saturated rings. The van der Waals surface area contributed by atoms with E-state index in [9.17, 15) is 14.7 Å². The summed E-state index contributed by atoms with van der Waals surface area (Å²) in [6.45, 7) is 4.26. The molecule has 1 aromatic carbocycles. The summed E-state index contributed by atoms with van der Waals surface area (Å²) in [4.78, 5) is 30.3. The highest BCUT2D eigenvalue weighted by atomic mass is 16.6. The number of nitrogens with zero attached hydrogens (tertiary/aromatic N) is 5. The average molecular weight is 522 g/mol. The number of amides is 1. The van der Waals surface area contributed by atoms with E-state index in [1.54, 1.807) is 23.7 Å². The highest BCUT2D eigenvalue weighted by Gasteiger charge is 2.27. The average Bonchev–Trinajstić information content (AvgIpc) is 3.30. The maximum absolute atomic E-state index is 12.8. The number of hydrogen-bond acceptors (Lipinski definition) is 7. The van der Waals surface area contributed by atoms with Crippen molar-refractivity contribution in [3.8, 4) is 17.1 Å². The van der Waals surface area contributed by atoms with Crippen molar-refractivity contribution < 1.29 is 24.2 Å². The summed E-state index contributed by atoms with van der Waals surface area (Å²) in [5.74, 6) is -0.142. The summed E-state index contributed by atoms with van der Waals surface area (Å²) < 4.78 is 13.2. The summed E-state index contributed by atoms with van der Waals surface area (Å²) in [6, 6.07) is 13.3. The van der Waals surface area contributed by atoms with E-state index in [1.165, 1.54) is 0 Å². The minimum absolute atomic E-state index is 0.00504. The number of aryl methyl sites for hydroxylation is 2. The molecule has 0 radical (unpaired) electrons. The lowest BCUT2D eigenvalue weighted by molar-refractivity contribution is -0.143. The Morgan fingerprint density at radius 3 is 2.66 bits per heavy atom. The molecule has 4 rings (SSSR count). The van der Waals surface area contributed by atoms with Crippen molar-refractivity contribution in [3.05, 3.63) is 59.4 Å². The number of aliphatic carboxylic acids is 1. The normalized spacial score (nSPS) is 18.0. The second-order valence-corrected chi connectivity index (χ2v) is 9.92. The van der Waals surface area contributed by atoms with Crippen LogP contribution in [0.15, 0.2) is 42.5 Å². The second-order valence-electron chi connectivity index (χ2n) is 9.92. The number of hydrogen-bond donors (Lipinski definition) is 1. The molecule has 2 heterocycles. The highest BCUT2D eigenvalue weighted by molar-refractivity contribution is 5.70. The van der Waals surface area contributed by atoms with Crippen LogP contribution in [0, 0.1) is 18.8 Å². The van der Waals surface area contributed by atoms with Crippen LogP contribution in [-0.4, -0.2) is 55.7 Å². The second kappa shape index (κ2) is 12.1. The van der Waals surface area contributed by atoms with Gasteiger partial charge in [-0.3, -0.25) is 4.79 Å². The van der Waals surface area contributed by atoms with Crippen molar-refractivity contribution in [1.82, 2.24) is 24.9 Å². The fourth-order valence-electron chi connectivity index (χ4n) is 4.79. The largest absolute Gasteiger partial charge is 0.491 e. The maximum atomic E-state index is 12.8. The molecular formula is C28H35N5O5. The van der Waals surface area contributed by atoms with Crippen LogP contribution >= 0.6 is 0 Å². The molecule has 0 aliphatic heterocycles. The van der Waals surface area contributed by atoms with E-state index in [0.717, 1.165) is 24.8 Å². The van der Waals surface area contributed by atoms with Gasteiger partial charge in [0.1, 0.15) is 23.7 Å². The number of carboxylic acid groups (broad SMARTS) is 1. The van der Waals surface area contributed by atoms with Gasteiger partial charge in [0.2, 0.25) is 0 Å².